The lowest BCUT2D eigenvalue weighted by molar-refractivity contribution is 0.0797. The van der Waals surface area contributed by atoms with Crippen molar-refractivity contribution < 1.29 is 4.79 Å². The Morgan fingerprint density at radius 2 is 1.91 bits per heavy atom. The van der Waals surface area contributed by atoms with E-state index in [1.807, 2.05) is 31.3 Å². The van der Waals surface area contributed by atoms with Gasteiger partial charge < -0.3 is 4.90 Å². The lowest BCUT2D eigenvalue weighted by Crippen LogP contribution is -2.26. The van der Waals surface area contributed by atoms with Crippen LogP contribution in [0.5, 0.6) is 0 Å². The SMILES string of the molecule is CCCCCN(C)C(=O)c1ccc(-c2ccc(C#N)cc2)s1. The van der Waals surface area contributed by atoms with Gasteiger partial charge in [0.15, 0.2) is 0 Å². The van der Waals surface area contributed by atoms with Crippen LogP contribution in [0.15, 0.2) is 36.4 Å². The number of benzene rings is 1. The van der Waals surface area contributed by atoms with Crippen LogP contribution in [0.25, 0.3) is 10.4 Å². The minimum Gasteiger partial charge on any atom is -0.341 e. The fourth-order valence-electron chi connectivity index (χ4n) is 2.21. The second kappa shape index (κ2) is 7.77. The van der Waals surface area contributed by atoms with Gasteiger partial charge in [0.25, 0.3) is 5.91 Å². The summed E-state index contributed by atoms with van der Waals surface area (Å²) in [5.74, 6) is 0.0843. The van der Waals surface area contributed by atoms with Gasteiger partial charge in [0.1, 0.15) is 0 Å². The molecule has 0 saturated carbocycles. The molecule has 1 heterocycles. The first-order valence-electron chi connectivity index (χ1n) is 7.51. The van der Waals surface area contributed by atoms with Crippen LogP contribution in [-0.2, 0) is 0 Å². The van der Waals surface area contributed by atoms with E-state index in [4.69, 9.17) is 5.26 Å². The Labute approximate surface area is 135 Å². The molecule has 2 aromatic rings. The molecule has 0 aliphatic carbocycles. The second-order valence-corrected chi connectivity index (χ2v) is 6.37. The van der Waals surface area contributed by atoms with Crippen LogP contribution in [0.3, 0.4) is 0 Å². The molecule has 1 amide bonds. The molecule has 4 heteroatoms. The van der Waals surface area contributed by atoms with Gasteiger partial charge in [-0.15, -0.1) is 11.3 Å². The zero-order chi connectivity index (χ0) is 15.9. The van der Waals surface area contributed by atoms with Crippen LogP contribution < -0.4 is 0 Å². The molecule has 1 aromatic carbocycles. The lowest BCUT2D eigenvalue weighted by Gasteiger charge is -2.15. The number of nitrogens with zero attached hydrogens (tertiary/aromatic N) is 2. The smallest absolute Gasteiger partial charge is 0.263 e. The highest BCUT2D eigenvalue weighted by molar-refractivity contribution is 7.17. The van der Waals surface area contributed by atoms with Crippen molar-refractivity contribution >= 4 is 17.2 Å². The van der Waals surface area contributed by atoms with Gasteiger partial charge in [0.05, 0.1) is 16.5 Å². The Morgan fingerprint density at radius 1 is 1.18 bits per heavy atom. The number of thiophene rings is 1. The van der Waals surface area contributed by atoms with Gasteiger partial charge in [-0.05, 0) is 36.2 Å². The Kier molecular flexibility index (Phi) is 5.74. The fourth-order valence-corrected chi connectivity index (χ4v) is 3.21. The Morgan fingerprint density at radius 3 is 2.55 bits per heavy atom. The van der Waals surface area contributed by atoms with E-state index in [2.05, 4.69) is 13.0 Å². The average Bonchev–Trinajstić information content (AvgIpc) is 3.04. The van der Waals surface area contributed by atoms with Gasteiger partial charge in [0.2, 0.25) is 0 Å². The third-order valence-electron chi connectivity index (χ3n) is 3.56. The zero-order valence-corrected chi connectivity index (χ0v) is 13.8. The first-order valence-corrected chi connectivity index (χ1v) is 8.33. The van der Waals surface area contributed by atoms with Crippen molar-refractivity contribution in [1.29, 1.82) is 5.26 Å². The number of carbonyl (C=O) groups is 1. The molecule has 1 aromatic heterocycles. The van der Waals surface area contributed by atoms with E-state index in [1.165, 1.54) is 11.3 Å². The molecule has 0 bridgehead atoms. The van der Waals surface area contributed by atoms with E-state index in [1.54, 1.807) is 17.0 Å². The van der Waals surface area contributed by atoms with Crippen molar-refractivity contribution in [1.82, 2.24) is 4.90 Å². The molecule has 0 aliphatic heterocycles. The molecular formula is C18H20N2OS. The van der Waals surface area contributed by atoms with E-state index >= 15 is 0 Å². The Bertz CT molecular complexity index is 667. The monoisotopic (exact) mass is 312 g/mol. The maximum absolute atomic E-state index is 12.4. The second-order valence-electron chi connectivity index (χ2n) is 5.29. The van der Waals surface area contributed by atoms with E-state index in [9.17, 15) is 4.79 Å². The molecule has 0 saturated heterocycles. The number of nitriles is 1. The maximum atomic E-state index is 12.4. The van der Waals surface area contributed by atoms with Crippen molar-refractivity contribution in [3.05, 3.63) is 46.8 Å². The van der Waals surface area contributed by atoms with Crippen LogP contribution in [0, 0.1) is 11.3 Å². The first kappa shape index (κ1) is 16.3. The summed E-state index contributed by atoms with van der Waals surface area (Å²) in [5.41, 5.74) is 1.68. The van der Waals surface area contributed by atoms with Crippen LogP contribution >= 0.6 is 11.3 Å². The van der Waals surface area contributed by atoms with Crippen molar-refractivity contribution in [3.63, 3.8) is 0 Å². The normalized spacial score (nSPS) is 10.2. The number of rotatable bonds is 6. The summed E-state index contributed by atoms with van der Waals surface area (Å²) in [6, 6.07) is 13.4. The van der Waals surface area contributed by atoms with Gasteiger partial charge in [0, 0.05) is 18.5 Å². The van der Waals surface area contributed by atoms with E-state index < -0.39 is 0 Å². The number of unbranched alkanes of at least 4 members (excludes halogenated alkanes) is 2. The highest BCUT2D eigenvalue weighted by Crippen LogP contribution is 2.29. The predicted molar refractivity (Wildman–Crippen MR) is 91.0 cm³/mol. The van der Waals surface area contributed by atoms with Crippen LogP contribution in [-0.4, -0.2) is 24.4 Å². The number of amides is 1. The third kappa shape index (κ3) is 3.96. The van der Waals surface area contributed by atoms with Crippen LogP contribution in [0.2, 0.25) is 0 Å². The average molecular weight is 312 g/mol. The summed E-state index contributed by atoms with van der Waals surface area (Å²) in [6.07, 6.45) is 3.36. The highest BCUT2D eigenvalue weighted by Gasteiger charge is 2.14. The van der Waals surface area contributed by atoms with Gasteiger partial charge in [-0.3, -0.25) is 4.79 Å². The van der Waals surface area contributed by atoms with Crippen molar-refractivity contribution in [2.75, 3.05) is 13.6 Å². The maximum Gasteiger partial charge on any atom is 0.263 e. The predicted octanol–water partition coefficient (Wildman–Crippen LogP) is 4.55. The molecule has 114 valence electrons. The molecule has 0 fully saturated rings. The molecule has 3 nitrogen and oxygen atoms in total. The highest BCUT2D eigenvalue weighted by atomic mass is 32.1. The summed E-state index contributed by atoms with van der Waals surface area (Å²) < 4.78 is 0. The largest absolute Gasteiger partial charge is 0.341 e. The molecule has 0 spiro atoms. The summed E-state index contributed by atoms with van der Waals surface area (Å²) in [7, 11) is 1.86. The van der Waals surface area contributed by atoms with Crippen molar-refractivity contribution in [3.8, 4) is 16.5 Å². The molecule has 0 unspecified atom stereocenters. The van der Waals surface area contributed by atoms with Crippen LogP contribution in [0.4, 0.5) is 0 Å². The number of carbonyl (C=O) groups excluding carboxylic acids is 1. The van der Waals surface area contributed by atoms with Crippen molar-refractivity contribution in [2.24, 2.45) is 0 Å². The quantitative estimate of drug-likeness (QED) is 0.734. The molecule has 0 radical (unpaired) electrons. The standard InChI is InChI=1S/C18H20N2OS/c1-3-4-5-12-20(2)18(21)17-11-10-16(22-17)15-8-6-14(13-19)7-9-15/h6-11H,3-5,12H2,1-2H3. The van der Waals surface area contributed by atoms with E-state index in [0.717, 1.165) is 41.1 Å². The summed E-state index contributed by atoms with van der Waals surface area (Å²) in [5, 5.41) is 8.83. The number of hydrogen-bond donors (Lipinski definition) is 0. The first-order chi connectivity index (χ1) is 10.7. The van der Waals surface area contributed by atoms with Gasteiger partial charge in [-0.1, -0.05) is 31.9 Å². The molecule has 22 heavy (non-hydrogen) atoms. The third-order valence-corrected chi connectivity index (χ3v) is 4.68. The van der Waals surface area contributed by atoms with Crippen LogP contribution in [0.1, 0.15) is 41.4 Å². The molecular weight excluding hydrogens is 292 g/mol. The van der Waals surface area contributed by atoms with Crippen molar-refractivity contribution in [2.45, 2.75) is 26.2 Å². The molecule has 0 atom stereocenters. The Balaban J connectivity index is 2.06. The summed E-state index contributed by atoms with van der Waals surface area (Å²) >= 11 is 1.50. The van der Waals surface area contributed by atoms with E-state index in [-0.39, 0.29) is 5.91 Å². The molecule has 0 aliphatic rings. The topological polar surface area (TPSA) is 44.1 Å². The van der Waals surface area contributed by atoms with Gasteiger partial charge in [-0.2, -0.15) is 5.26 Å². The summed E-state index contributed by atoms with van der Waals surface area (Å²) in [6.45, 7) is 2.96. The van der Waals surface area contributed by atoms with E-state index in [0.29, 0.717) is 5.56 Å². The molecule has 2 rings (SSSR count). The van der Waals surface area contributed by atoms with Gasteiger partial charge >= 0.3 is 0 Å². The number of hydrogen-bond acceptors (Lipinski definition) is 3. The summed E-state index contributed by atoms with van der Waals surface area (Å²) in [4.78, 5) is 16.0. The molecule has 0 N–H and O–H groups in total. The minimum absolute atomic E-state index is 0.0843. The fraction of sp³-hybridized carbons (Fsp3) is 0.333. The lowest BCUT2D eigenvalue weighted by atomic mass is 10.1. The Hall–Kier alpha value is -2.12. The van der Waals surface area contributed by atoms with Gasteiger partial charge in [-0.25, -0.2) is 0 Å². The zero-order valence-electron chi connectivity index (χ0n) is 13.0. The minimum atomic E-state index is 0.0843.